The number of thioether (sulfide) groups is 1. The average Bonchev–Trinajstić information content (AvgIpc) is 3.35. The number of rotatable bonds is 6. The van der Waals surface area contributed by atoms with Gasteiger partial charge in [-0.05, 0) is 56.2 Å². The van der Waals surface area contributed by atoms with E-state index in [1.807, 2.05) is 6.07 Å². The summed E-state index contributed by atoms with van der Waals surface area (Å²) in [4.78, 5) is 49.7. The standard InChI is InChI=1S/C25H27N5O3S2/c1-3-4-5-15-8-17(24(33)30-20(15)22(32)29-25(30)10-34-11-25)28-21-19-16-7-6-14(13(2)31)9-18(16)35-23(19)27-12-26-21/h8,12,14H,3-7,9-11H2,1-2H3,(H,29,32)(H,26,27,28)/t14-/m0/s1. The number of Topliss-reactive ketones (excluding diaryl/α,β-unsaturated/α-hetero) is 1. The molecule has 2 aliphatic heterocycles. The second-order valence-corrected chi connectivity index (χ2v) is 11.8. The Bertz CT molecular complexity index is 1440. The van der Waals surface area contributed by atoms with Crippen molar-refractivity contribution in [2.24, 2.45) is 5.92 Å². The molecule has 3 aliphatic rings. The van der Waals surface area contributed by atoms with E-state index in [4.69, 9.17) is 0 Å². The van der Waals surface area contributed by atoms with Crippen LogP contribution >= 0.6 is 23.1 Å². The van der Waals surface area contributed by atoms with Crippen molar-refractivity contribution in [2.45, 2.75) is 58.0 Å². The van der Waals surface area contributed by atoms with Crippen molar-refractivity contribution in [1.29, 1.82) is 0 Å². The van der Waals surface area contributed by atoms with E-state index < -0.39 is 5.66 Å². The molecule has 1 aliphatic carbocycles. The van der Waals surface area contributed by atoms with E-state index in [9.17, 15) is 14.4 Å². The van der Waals surface area contributed by atoms with Crippen LogP contribution < -0.4 is 16.2 Å². The minimum absolute atomic E-state index is 0.0592. The van der Waals surface area contributed by atoms with Crippen LogP contribution in [-0.4, -0.2) is 37.7 Å². The van der Waals surface area contributed by atoms with E-state index in [1.54, 1.807) is 34.6 Å². The normalized spacial score (nSPS) is 19.8. The molecule has 0 radical (unpaired) electrons. The van der Waals surface area contributed by atoms with Crippen LogP contribution in [-0.2, 0) is 29.7 Å². The van der Waals surface area contributed by atoms with Gasteiger partial charge in [0.15, 0.2) is 0 Å². The van der Waals surface area contributed by atoms with E-state index in [2.05, 4.69) is 27.5 Å². The number of nitrogens with zero attached hydrogens (tertiary/aromatic N) is 3. The first kappa shape index (κ1) is 22.7. The summed E-state index contributed by atoms with van der Waals surface area (Å²) in [6.07, 6.45) is 6.54. The molecule has 1 amide bonds. The number of hydrogen-bond acceptors (Lipinski definition) is 8. The monoisotopic (exact) mass is 509 g/mol. The summed E-state index contributed by atoms with van der Waals surface area (Å²) in [7, 11) is 0. The number of pyridine rings is 1. The summed E-state index contributed by atoms with van der Waals surface area (Å²) in [6, 6.07) is 1.84. The zero-order valence-corrected chi connectivity index (χ0v) is 21.4. The van der Waals surface area contributed by atoms with E-state index in [-0.39, 0.29) is 23.2 Å². The summed E-state index contributed by atoms with van der Waals surface area (Å²) < 4.78 is 1.69. The third-order valence-electron chi connectivity index (χ3n) is 7.42. The molecule has 0 aromatic carbocycles. The molecule has 1 saturated heterocycles. The van der Waals surface area contributed by atoms with Crippen LogP contribution in [0.1, 0.15) is 59.6 Å². The van der Waals surface area contributed by atoms with E-state index in [1.165, 1.54) is 16.8 Å². The van der Waals surface area contributed by atoms with Gasteiger partial charge in [-0.2, -0.15) is 11.8 Å². The third-order valence-corrected chi connectivity index (χ3v) is 9.95. The Kier molecular flexibility index (Phi) is 5.48. The highest BCUT2D eigenvalue weighted by molar-refractivity contribution is 8.00. The Balaban J connectivity index is 1.46. The number of carbonyl (C=O) groups excluding carboxylic acids is 2. The molecule has 3 aromatic heterocycles. The molecular weight excluding hydrogens is 482 g/mol. The molecule has 35 heavy (non-hydrogen) atoms. The molecule has 0 unspecified atom stereocenters. The Morgan fingerprint density at radius 3 is 2.86 bits per heavy atom. The summed E-state index contributed by atoms with van der Waals surface area (Å²) in [5.41, 5.74) is 2.18. The predicted molar refractivity (Wildman–Crippen MR) is 139 cm³/mol. The minimum Gasteiger partial charge on any atom is -0.335 e. The Morgan fingerprint density at radius 2 is 2.14 bits per heavy atom. The number of amides is 1. The number of hydrogen-bond donors (Lipinski definition) is 2. The molecular formula is C25H27N5O3S2. The smallest absolute Gasteiger partial charge is 0.276 e. The van der Waals surface area contributed by atoms with Crippen molar-refractivity contribution in [3.8, 4) is 0 Å². The number of carbonyl (C=O) groups is 2. The molecule has 1 spiro atoms. The van der Waals surface area contributed by atoms with Crippen LogP contribution in [0.2, 0.25) is 0 Å². The Labute approximate surface area is 210 Å². The lowest BCUT2D eigenvalue weighted by atomic mass is 9.85. The molecule has 5 heterocycles. The maximum atomic E-state index is 13.7. The minimum atomic E-state index is -0.628. The van der Waals surface area contributed by atoms with Gasteiger partial charge in [-0.15, -0.1) is 11.3 Å². The zero-order chi connectivity index (χ0) is 24.3. The SMILES string of the molecule is CCCCc1cc(Nc2ncnc3sc4c(c23)CC[C@H](C(C)=O)C4)c(=O)n2c1C(=O)NC21CSC1. The molecule has 1 atom stereocenters. The summed E-state index contributed by atoms with van der Waals surface area (Å²) in [6.45, 7) is 3.78. The predicted octanol–water partition coefficient (Wildman–Crippen LogP) is 3.78. The van der Waals surface area contributed by atoms with Crippen LogP contribution in [0.15, 0.2) is 17.2 Å². The largest absolute Gasteiger partial charge is 0.335 e. The van der Waals surface area contributed by atoms with Gasteiger partial charge in [-0.25, -0.2) is 9.97 Å². The first-order chi connectivity index (χ1) is 16.9. The van der Waals surface area contributed by atoms with Crippen LogP contribution in [0.5, 0.6) is 0 Å². The maximum absolute atomic E-state index is 13.7. The molecule has 2 N–H and O–H groups in total. The van der Waals surface area contributed by atoms with Crippen molar-refractivity contribution >= 4 is 56.5 Å². The highest BCUT2D eigenvalue weighted by Crippen LogP contribution is 2.42. The van der Waals surface area contributed by atoms with Crippen LogP contribution in [0.3, 0.4) is 0 Å². The number of aromatic nitrogens is 3. The Hall–Kier alpha value is -2.72. The zero-order valence-electron chi connectivity index (χ0n) is 19.8. The maximum Gasteiger partial charge on any atom is 0.276 e. The number of ketones is 1. The van der Waals surface area contributed by atoms with Crippen molar-refractivity contribution in [3.63, 3.8) is 0 Å². The van der Waals surface area contributed by atoms with Gasteiger partial charge in [0.05, 0.1) is 5.39 Å². The molecule has 182 valence electrons. The molecule has 1 fully saturated rings. The average molecular weight is 510 g/mol. The quantitative estimate of drug-likeness (QED) is 0.521. The fourth-order valence-electron chi connectivity index (χ4n) is 5.48. The first-order valence-corrected chi connectivity index (χ1v) is 14.1. The van der Waals surface area contributed by atoms with Crippen LogP contribution in [0.25, 0.3) is 10.2 Å². The molecule has 0 bridgehead atoms. The lowest BCUT2D eigenvalue weighted by Crippen LogP contribution is -2.57. The van der Waals surface area contributed by atoms with Crippen LogP contribution in [0.4, 0.5) is 11.5 Å². The van der Waals surface area contributed by atoms with Gasteiger partial charge in [-0.3, -0.25) is 19.0 Å². The van der Waals surface area contributed by atoms with Crippen molar-refractivity contribution in [1.82, 2.24) is 19.9 Å². The highest BCUT2D eigenvalue weighted by Gasteiger charge is 2.50. The van der Waals surface area contributed by atoms with Gasteiger partial charge < -0.3 is 10.6 Å². The van der Waals surface area contributed by atoms with Gasteiger partial charge in [0.1, 0.15) is 39.8 Å². The van der Waals surface area contributed by atoms with Gasteiger partial charge in [-0.1, -0.05) is 13.3 Å². The molecule has 0 saturated carbocycles. The van der Waals surface area contributed by atoms with Gasteiger partial charge in [0.2, 0.25) is 0 Å². The molecule has 6 rings (SSSR count). The molecule has 8 nitrogen and oxygen atoms in total. The highest BCUT2D eigenvalue weighted by atomic mass is 32.2. The van der Waals surface area contributed by atoms with E-state index in [0.717, 1.165) is 54.3 Å². The second kappa shape index (κ2) is 8.44. The van der Waals surface area contributed by atoms with Gasteiger partial charge in [0.25, 0.3) is 11.5 Å². The lowest BCUT2D eigenvalue weighted by Gasteiger charge is -2.39. The number of fused-ring (bicyclic) bond motifs is 5. The fourth-order valence-corrected chi connectivity index (χ4v) is 7.74. The van der Waals surface area contributed by atoms with Gasteiger partial charge >= 0.3 is 0 Å². The van der Waals surface area contributed by atoms with Crippen LogP contribution in [0, 0.1) is 5.92 Å². The number of anilines is 2. The van der Waals surface area contributed by atoms with Crippen molar-refractivity contribution in [2.75, 3.05) is 16.8 Å². The summed E-state index contributed by atoms with van der Waals surface area (Å²) >= 11 is 3.34. The summed E-state index contributed by atoms with van der Waals surface area (Å²) in [5, 5.41) is 7.37. The number of nitrogens with one attached hydrogen (secondary N) is 2. The summed E-state index contributed by atoms with van der Waals surface area (Å²) in [5.74, 6) is 2.13. The lowest BCUT2D eigenvalue weighted by molar-refractivity contribution is -0.121. The van der Waals surface area contributed by atoms with Crippen molar-refractivity contribution in [3.05, 3.63) is 44.4 Å². The third kappa shape index (κ3) is 3.52. The fraction of sp³-hybridized carbons (Fsp3) is 0.480. The number of thiophene rings is 1. The molecule has 3 aromatic rings. The van der Waals surface area contributed by atoms with Crippen molar-refractivity contribution < 1.29 is 9.59 Å². The van der Waals surface area contributed by atoms with E-state index >= 15 is 0 Å². The first-order valence-electron chi connectivity index (χ1n) is 12.1. The Morgan fingerprint density at radius 1 is 1.31 bits per heavy atom. The molecule has 10 heteroatoms. The second-order valence-electron chi connectivity index (χ2n) is 9.74. The topological polar surface area (TPSA) is 106 Å². The van der Waals surface area contributed by atoms with E-state index in [0.29, 0.717) is 28.7 Å². The number of aryl methyl sites for hydroxylation is 2. The number of unbranched alkanes of at least 4 members (excludes halogenated alkanes) is 1. The van der Waals surface area contributed by atoms with Gasteiger partial charge in [0, 0.05) is 22.3 Å².